The van der Waals surface area contributed by atoms with Crippen LogP contribution in [0.2, 0.25) is 0 Å². The summed E-state index contributed by atoms with van der Waals surface area (Å²) in [4.78, 5) is 0.306. The standard InChI is InChI=1S/C15H27N3O2S/c1-11(2)9-15(7-5-6-8-15)10-16-21(19,20)14-12(3)17-18-13(14)4/h11,16H,5-10H2,1-4H3,(H,17,18). The first-order valence-corrected chi connectivity index (χ1v) is 9.25. The molecule has 2 N–H and O–H groups in total. The summed E-state index contributed by atoms with van der Waals surface area (Å²) in [7, 11) is -3.48. The fourth-order valence-electron chi connectivity index (χ4n) is 3.70. The summed E-state index contributed by atoms with van der Waals surface area (Å²) in [6, 6.07) is 0. The van der Waals surface area contributed by atoms with Crippen molar-refractivity contribution in [3.05, 3.63) is 11.4 Å². The number of aromatic nitrogens is 2. The minimum absolute atomic E-state index is 0.132. The van der Waals surface area contributed by atoms with Gasteiger partial charge in [-0.2, -0.15) is 5.10 Å². The van der Waals surface area contributed by atoms with Crippen LogP contribution in [0.1, 0.15) is 57.3 Å². The molecule has 1 aliphatic rings. The van der Waals surface area contributed by atoms with Gasteiger partial charge in [0.2, 0.25) is 10.0 Å². The quantitative estimate of drug-likeness (QED) is 0.848. The molecule has 1 saturated carbocycles. The minimum Gasteiger partial charge on any atom is -0.281 e. The summed E-state index contributed by atoms with van der Waals surface area (Å²) >= 11 is 0. The maximum absolute atomic E-state index is 12.5. The molecule has 0 aromatic carbocycles. The van der Waals surface area contributed by atoms with Gasteiger partial charge in [0.25, 0.3) is 0 Å². The Morgan fingerprint density at radius 2 is 1.90 bits per heavy atom. The second-order valence-corrected chi connectivity index (χ2v) is 8.60. The van der Waals surface area contributed by atoms with E-state index in [9.17, 15) is 8.42 Å². The van der Waals surface area contributed by atoms with Crippen LogP contribution in [-0.2, 0) is 10.0 Å². The maximum Gasteiger partial charge on any atom is 0.244 e. The molecule has 0 amide bonds. The molecule has 1 aliphatic carbocycles. The van der Waals surface area contributed by atoms with Gasteiger partial charge in [-0.25, -0.2) is 13.1 Å². The van der Waals surface area contributed by atoms with Crippen LogP contribution in [0.15, 0.2) is 4.90 Å². The molecule has 120 valence electrons. The Kier molecular flexibility index (Phi) is 4.78. The lowest BCUT2D eigenvalue weighted by atomic mass is 9.79. The molecule has 1 heterocycles. The highest BCUT2D eigenvalue weighted by Crippen LogP contribution is 2.42. The van der Waals surface area contributed by atoms with E-state index in [-0.39, 0.29) is 5.41 Å². The van der Waals surface area contributed by atoms with E-state index in [1.165, 1.54) is 12.8 Å². The SMILES string of the molecule is Cc1n[nH]c(C)c1S(=O)(=O)NCC1(CC(C)C)CCCC1. The van der Waals surface area contributed by atoms with E-state index in [0.717, 1.165) is 19.3 Å². The summed E-state index contributed by atoms with van der Waals surface area (Å²) in [6.07, 6.45) is 5.74. The summed E-state index contributed by atoms with van der Waals surface area (Å²) in [5.74, 6) is 0.588. The first-order valence-electron chi connectivity index (χ1n) is 7.77. The van der Waals surface area contributed by atoms with E-state index < -0.39 is 10.0 Å². The van der Waals surface area contributed by atoms with Crippen LogP contribution >= 0.6 is 0 Å². The van der Waals surface area contributed by atoms with Crippen molar-refractivity contribution in [2.75, 3.05) is 6.54 Å². The number of nitrogens with zero attached hydrogens (tertiary/aromatic N) is 1. The number of nitrogens with one attached hydrogen (secondary N) is 2. The number of sulfonamides is 1. The Morgan fingerprint density at radius 3 is 2.38 bits per heavy atom. The smallest absolute Gasteiger partial charge is 0.244 e. The van der Waals surface area contributed by atoms with Gasteiger partial charge < -0.3 is 0 Å². The number of aromatic amines is 1. The van der Waals surface area contributed by atoms with E-state index in [4.69, 9.17) is 0 Å². The van der Waals surface area contributed by atoms with Crippen LogP contribution in [-0.4, -0.2) is 25.2 Å². The third-order valence-electron chi connectivity index (χ3n) is 4.47. The monoisotopic (exact) mass is 313 g/mol. The summed E-state index contributed by atoms with van der Waals surface area (Å²) < 4.78 is 27.9. The molecule has 21 heavy (non-hydrogen) atoms. The fourth-order valence-corrected chi connectivity index (χ4v) is 5.22. The van der Waals surface area contributed by atoms with Gasteiger partial charge in [0.05, 0.1) is 11.4 Å². The Hall–Kier alpha value is -0.880. The van der Waals surface area contributed by atoms with Crippen LogP contribution in [0.4, 0.5) is 0 Å². The van der Waals surface area contributed by atoms with Crippen molar-refractivity contribution in [1.82, 2.24) is 14.9 Å². The highest BCUT2D eigenvalue weighted by atomic mass is 32.2. The van der Waals surface area contributed by atoms with E-state index in [2.05, 4.69) is 28.8 Å². The molecule has 0 spiro atoms. The average molecular weight is 313 g/mol. The van der Waals surface area contributed by atoms with Gasteiger partial charge in [-0.05, 0) is 44.4 Å². The number of H-pyrrole nitrogens is 1. The first kappa shape index (κ1) is 16.5. The lowest BCUT2D eigenvalue weighted by Gasteiger charge is -2.31. The number of aryl methyl sites for hydroxylation is 2. The third kappa shape index (κ3) is 3.66. The highest BCUT2D eigenvalue weighted by Gasteiger charge is 2.36. The van der Waals surface area contributed by atoms with Crippen LogP contribution in [0.25, 0.3) is 0 Å². The second-order valence-electron chi connectivity index (χ2n) is 6.89. The van der Waals surface area contributed by atoms with E-state index in [1.54, 1.807) is 13.8 Å². The summed E-state index contributed by atoms with van der Waals surface area (Å²) in [5, 5.41) is 6.73. The number of rotatable bonds is 6. The molecule has 1 aromatic heterocycles. The lowest BCUT2D eigenvalue weighted by Crippen LogP contribution is -2.37. The first-order chi connectivity index (χ1) is 9.76. The van der Waals surface area contributed by atoms with Crippen LogP contribution < -0.4 is 4.72 Å². The molecule has 1 aromatic rings. The second kappa shape index (κ2) is 6.08. The molecular weight excluding hydrogens is 286 g/mol. The van der Waals surface area contributed by atoms with Crippen molar-refractivity contribution >= 4 is 10.0 Å². The third-order valence-corrected chi connectivity index (χ3v) is 6.14. The topological polar surface area (TPSA) is 74.8 Å². The molecule has 0 bridgehead atoms. The molecule has 2 rings (SSSR count). The maximum atomic E-state index is 12.5. The number of hydrogen-bond acceptors (Lipinski definition) is 3. The molecule has 0 unspecified atom stereocenters. The zero-order valence-corrected chi connectivity index (χ0v) is 14.3. The van der Waals surface area contributed by atoms with Crippen LogP contribution in [0, 0.1) is 25.2 Å². The van der Waals surface area contributed by atoms with Crippen molar-refractivity contribution in [3.63, 3.8) is 0 Å². The van der Waals surface area contributed by atoms with E-state index in [0.29, 0.717) is 28.7 Å². The molecule has 1 fully saturated rings. The van der Waals surface area contributed by atoms with E-state index in [1.807, 2.05) is 0 Å². The molecule has 6 heteroatoms. The van der Waals surface area contributed by atoms with Gasteiger partial charge in [0.1, 0.15) is 4.90 Å². The van der Waals surface area contributed by atoms with Gasteiger partial charge >= 0.3 is 0 Å². The summed E-state index contributed by atoms with van der Waals surface area (Å²) in [6.45, 7) is 8.42. The molecule has 5 nitrogen and oxygen atoms in total. The Bertz CT molecular complexity index is 565. The Balaban J connectivity index is 2.14. The van der Waals surface area contributed by atoms with Crippen molar-refractivity contribution < 1.29 is 8.42 Å². The van der Waals surface area contributed by atoms with Crippen molar-refractivity contribution in [3.8, 4) is 0 Å². The molecule has 0 saturated heterocycles. The van der Waals surface area contributed by atoms with Gasteiger partial charge in [-0.3, -0.25) is 5.10 Å². The minimum atomic E-state index is -3.48. The van der Waals surface area contributed by atoms with E-state index >= 15 is 0 Å². The summed E-state index contributed by atoms with van der Waals surface area (Å²) in [5.41, 5.74) is 1.26. The predicted octanol–water partition coefficient (Wildman–Crippen LogP) is 2.91. The van der Waals surface area contributed by atoms with Crippen molar-refractivity contribution in [1.29, 1.82) is 0 Å². The Morgan fingerprint density at radius 1 is 1.29 bits per heavy atom. The zero-order chi connectivity index (χ0) is 15.7. The molecule has 0 radical (unpaired) electrons. The van der Waals surface area contributed by atoms with Gasteiger partial charge in [0.15, 0.2) is 0 Å². The molecule has 0 atom stereocenters. The normalized spacial score (nSPS) is 18.5. The highest BCUT2D eigenvalue weighted by molar-refractivity contribution is 7.89. The Labute approximate surface area is 128 Å². The molecule has 0 aliphatic heterocycles. The fraction of sp³-hybridized carbons (Fsp3) is 0.800. The largest absolute Gasteiger partial charge is 0.281 e. The average Bonchev–Trinajstić information content (AvgIpc) is 2.95. The van der Waals surface area contributed by atoms with Crippen molar-refractivity contribution in [2.45, 2.75) is 64.7 Å². The van der Waals surface area contributed by atoms with Gasteiger partial charge in [-0.15, -0.1) is 0 Å². The zero-order valence-electron chi connectivity index (χ0n) is 13.5. The molecular formula is C15H27N3O2S. The van der Waals surface area contributed by atoms with Gasteiger partial charge in [0, 0.05) is 6.54 Å². The lowest BCUT2D eigenvalue weighted by molar-refractivity contribution is 0.236. The number of hydrogen-bond donors (Lipinski definition) is 2. The van der Waals surface area contributed by atoms with Crippen LogP contribution in [0.3, 0.4) is 0 Å². The van der Waals surface area contributed by atoms with Crippen molar-refractivity contribution in [2.24, 2.45) is 11.3 Å². The predicted molar refractivity (Wildman–Crippen MR) is 83.6 cm³/mol. The van der Waals surface area contributed by atoms with Gasteiger partial charge in [-0.1, -0.05) is 26.7 Å². The van der Waals surface area contributed by atoms with Crippen LogP contribution in [0.5, 0.6) is 0 Å².